The van der Waals surface area contributed by atoms with Crippen LogP contribution < -0.4 is 0 Å². The first-order valence-corrected chi connectivity index (χ1v) is 6.94. The Kier molecular flexibility index (Phi) is 3.14. The Morgan fingerprint density at radius 1 is 1.06 bits per heavy atom. The maximum Gasteiger partial charge on any atom is 0.136 e. The van der Waals surface area contributed by atoms with Crippen molar-refractivity contribution >= 4 is 0 Å². The molecule has 0 amide bonds. The molecule has 2 aliphatic rings. The summed E-state index contributed by atoms with van der Waals surface area (Å²) in [5.41, 5.74) is 0. The van der Waals surface area contributed by atoms with Crippen LogP contribution in [-0.4, -0.2) is 26.5 Å². The van der Waals surface area contributed by atoms with E-state index < -0.39 is 0 Å². The van der Waals surface area contributed by atoms with Gasteiger partial charge >= 0.3 is 0 Å². The van der Waals surface area contributed by atoms with Crippen molar-refractivity contribution in [1.29, 1.82) is 0 Å². The second-order valence-electron chi connectivity index (χ2n) is 5.41. The van der Waals surface area contributed by atoms with E-state index in [4.69, 9.17) is 0 Å². The molecule has 1 N–H and O–H groups in total. The van der Waals surface area contributed by atoms with Crippen molar-refractivity contribution in [3.8, 4) is 0 Å². The fourth-order valence-corrected chi connectivity index (χ4v) is 3.34. The summed E-state index contributed by atoms with van der Waals surface area (Å²) < 4.78 is 2.25. The van der Waals surface area contributed by atoms with Gasteiger partial charge in [0.05, 0.1) is 12.6 Å². The molecule has 1 aliphatic carbocycles. The van der Waals surface area contributed by atoms with E-state index in [1.54, 1.807) is 0 Å². The van der Waals surface area contributed by atoms with Gasteiger partial charge in [-0.1, -0.05) is 19.3 Å². The van der Waals surface area contributed by atoms with Crippen LogP contribution in [0.4, 0.5) is 0 Å². The lowest BCUT2D eigenvalue weighted by molar-refractivity contribution is 0.200. The number of rotatable bonds is 2. The molecule has 1 saturated carbocycles. The molecule has 94 valence electrons. The molecule has 0 radical (unpaired) electrons. The highest BCUT2D eigenvalue weighted by Gasteiger charge is 2.28. The molecule has 17 heavy (non-hydrogen) atoms. The third-order valence-electron chi connectivity index (χ3n) is 4.28. The van der Waals surface area contributed by atoms with Crippen molar-refractivity contribution in [3.05, 3.63) is 11.6 Å². The number of aliphatic hydroxyl groups excluding tert-OH is 1. The first kappa shape index (κ1) is 11.2. The fourth-order valence-electron chi connectivity index (χ4n) is 3.34. The molecule has 1 fully saturated rings. The number of nitrogens with zero attached hydrogens (tertiary/aromatic N) is 3. The lowest BCUT2D eigenvalue weighted by Crippen LogP contribution is -2.24. The van der Waals surface area contributed by atoms with Gasteiger partial charge in [0.1, 0.15) is 11.6 Å². The number of hydrogen-bond donors (Lipinski definition) is 1. The molecule has 1 aliphatic heterocycles. The molecule has 0 bridgehead atoms. The summed E-state index contributed by atoms with van der Waals surface area (Å²) in [6.07, 6.45) is 9.71. The molecule has 0 spiro atoms. The molecule has 0 saturated heterocycles. The molecule has 1 aromatic rings. The van der Waals surface area contributed by atoms with Gasteiger partial charge in [-0.3, -0.25) is 0 Å². The zero-order chi connectivity index (χ0) is 11.7. The van der Waals surface area contributed by atoms with Crippen LogP contribution in [-0.2, 0) is 6.42 Å². The average Bonchev–Trinajstić information content (AvgIpc) is 2.83. The Balaban J connectivity index is 1.91. The molecule has 0 aromatic carbocycles. The summed E-state index contributed by atoms with van der Waals surface area (Å²) in [7, 11) is 0. The second-order valence-corrected chi connectivity index (χ2v) is 5.41. The summed E-state index contributed by atoms with van der Waals surface area (Å²) in [5.74, 6) is 2.83. The highest BCUT2D eigenvalue weighted by atomic mass is 16.3. The van der Waals surface area contributed by atoms with Gasteiger partial charge in [-0.25, -0.2) is 0 Å². The third-order valence-corrected chi connectivity index (χ3v) is 4.28. The summed E-state index contributed by atoms with van der Waals surface area (Å²) in [4.78, 5) is 0. The zero-order valence-corrected chi connectivity index (χ0v) is 10.3. The predicted molar refractivity (Wildman–Crippen MR) is 64.9 cm³/mol. The van der Waals surface area contributed by atoms with Gasteiger partial charge < -0.3 is 9.67 Å². The molecular formula is C13H21N3O. The molecule has 1 aromatic heterocycles. The SMILES string of the molecule is OCC1CCCc2nnc(C3CCCCC3)n21. The third kappa shape index (κ3) is 1.99. The fraction of sp³-hybridized carbons (Fsp3) is 0.846. The lowest BCUT2D eigenvalue weighted by Gasteiger charge is -2.28. The normalized spacial score (nSPS) is 25.8. The van der Waals surface area contributed by atoms with Crippen LogP contribution in [0.1, 0.15) is 68.6 Å². The van der Waals surface area contributed by atoms with Gasteiger partial charge in [0.15, 0.2) is 0 Å². The maximum atomic E-state index is 9.50. The van der Waals surface area contributed by atoms with E-state index in [0.29, 0.717) is 5.92 Å². The monoisotopic (exact) mass is 235 g/mol. The molecule has 1 unspecified atom stereocenters. The number of fused-ring (bicyclic) bond motifs is 1. The van der Waals surface area contributed by atoms with Gasteiger partial charge in [-0.15, -0.1) is 10.2 Å². The minimum Gasteiger partial charge on any atom is -0.394 e. The summed E-state index contributed by atoms with van der Waals surface area (Å²) in [6.45, 7) is 0.227. The minimum atomic E-state index is 0.227. The predicted octanol–water partition coefficient (Wildman–Crippen LogP) is 2.20. The van der Waals surface area contributed by atoms with Crippen LogP contribution in [0.5, 0.6) is 0 Å². The van der Waals surface area contributed by atoms with Crippen molar-refractivity contribution in [1.82, 2.24) is 14.8 Å². The minimum absolute atomic E-state index is 0.227. The quantitative estimate of drug-likeness (QED) is 0.855. The smallest absolute Gasteiger partial charge is 0.136 e. The van der Waals surface area contributed by atoms with Gasteiger partial charge in [0, 0.05) is 12.3 Å². The highest BCUT2D eigenvalue weighted by Crippen LogP contribution is 2.35. The van der Waals surface area contributed by atoms with Crippen LogP contribution >= 0.6 is 0 Å². The Labute approximate surface area is 102 Å². The Morgan fingerprint density at radius 3 is 2.65 bits per heavy atom. The standard InChI is InChI=1S/C13H21N3O/c17-9-11-7-4-8-12-14-15-13(16(11)12)10-5-2-1-3-6-10/h10-11,17H,1-9H2. The maximum absolute atomic E-state index is 9.50. The van der Waals surface area contributed by atoms with Crippen LogP contribution in [0.15, 0.2) is 0 Å². The van der Waals surface area contributed by atoms with Crippen molar-refractivity contribution in [2.75, 3.05) is 6.61 Å². The number of hydrogen-bond acceptors (Lipinski definition) is 3. The second kappa shape index (κ2) is 4.77. The van der Waals surface area contributed by atoms with E-state index in [2.05, 4.69) is 14.8 Å². The number of aliphatic hydroxyl groups is 1. The van der Waals surface area contributed by atoms with Crippen molar-refractivity contribution in [3.63, 3.8) is 0 Å². The summed E-state index contributed by atoms with van der Waals surface area (Å²) in [6, 6.07) is 0.227. The number of aromatic nitrogens is 3. The zero-order valence-electron chi connectivity index (χ0n) is 10.3. The van der Waals surface area contributed by atoms with Crippen LogP contribution in [0.2, 0.25) is 0 Å². The topological polar surface area (TPSA) is 50.9 Å². The van der Waals surface area contributed by atoms with Gasteiger partial charge in [0.2, 0.25) is 0 Å². The molecule has 3 rings (SSSR count). The average molecular weight is 235 g/mol. The molecule has 4 nitrogen and oxygen atoms in total. The molecule has 2 heterocycles. The van der Waals surface area contributed by atoms with E-state index in [-0.39, 0.29) is 12.6 Å². The van der Waals surface area contributed by atoms with Gasteiger partial charge in [-0.2, -0.15) is 0 Å². The first-order chi connectivity index (χ1) is 8.40. The van der Waals surface area contributed by atoms with Crippen LogP contribution in [0.25, 0.3) is 0 Å². The van der Waals surface area contributed by atoms with Crippen molar-refractivity contribution in [2.45, 2.75) is 63.3 Å². The Morgan fingerprint density at radius 2 is 1.88 bits per heavy atom. The van der Waals surface area contributed by atoms with Crippen LogP contribution in [0.3, 0.4) is 0 Å². The van der Waals surface area contributed by atoms with Crippen molar-refractivity contribution in [2.24, 2.45) is 0 Å². The largest absolute Gasteiger partial charge is 0.394 e. The van der Waals surface area contributed by atoms with Gasteiger partial charge in [-0.05, 0) is 25.7 Å². The first-order valence-electron chi connectivity index (χ1n) is 6.94. The van der Waals surface area contributed by atoms with Crippen molar-refractivity contribution < 1.29 is 5.11 Å². The summed E-state index contributed by atoms with van der Waals surface area (Å²) >= 11 is 0. The molecular weight excluding hydrogens is 214 g/mol. The van der Waals surface area contributed by atoms with E-state index in [1.807, 2.05) is 0 Å². The van der Waals surface area contributed by atoms with E-state index in [0.717, 1.165) is 30.9 Å². The van der Waals surface area contributed by atoms with Crippen LogP contribution in [0, 0.1) is 0 Å². The van der Waals surface area contributed by atoms with E-state index in [1.165, 1.54) is 32.1 Å². The summed E-state index contributed by atoms with van der Waals surface area (Å²) in [5, 5.41) is 18.3. The van der Waals surface area contributed by atoms with E-state index >= 15 is 0 Å². The lowest BCUT2D eigenvalue weighted by atomic mass is 9.88. The molecule has 1 atom stereocenters. The highest BCUT2D eigenvalue weighted by molar-refractivity contribution is 5.07. The Hall–Kier alpha value is -0.900. The Bertz CT molecular complexity index is 382. The van der Waals surface area contributed by atoms with Gasteiger partial charge in [0.25, 0.3) is 0 Å². The number of aryl methyl sites for hydroxylation is 1. The molecule has 4 heteroatoms. The van der Waals surface area contributed by atoms with E-state index in [9.17, 15) is 5.11 Å².